The predicted octanol–water partition coefficient (Wildman–Crippen LogP) is 4.74. The van der Waals surface area contributed by atoms with Gasteiger partial charge in [0.25, 0.3) is 0 Å². The lowest BCUT2D eigenvalue weighted by Crippen LogP contribution is -2.50. The molecular weight excluding hydrogens is 495 g/mol. The molecule has 1 saturated carbocycles. The third-order valence-corrected chi connectivity index (χ3v) is 7.82. The van der Waals surface area contributed by atoms with E-state index in [0.29, 0.717) is 12.5 Å². The standard InChI is InChI=1S/C23H29N3O2S.C2HF3O2/c27-21(25-18-4-3-5-18)14-17-15-23(28-20-7-2-1-6-19(17)20)8-11-26(12-9-23)16-22-24-10-13-29-22;3-2(4,5)1(6)7/h1-2,6-7,10,13,17-18H,3-5,8-9,11-12,14-16H2,(H,25,27);(H,6,7). The molecular formula is C25H30F3N3O4S. The normalized spacial score (nSPS) is 21.4. The van der Waals surface area contributed by atoms with Gasteiger partial charge in [-0.25, -0.2) is 9.78 Å². The minimum atomic E-state index is -5.08. The van der Waals surface area contributed by atoms with Crippen molar-refractivity contribution in [2.24, 2.45) is 0 Å². The Hall–Kier alpha value is -2.66. The van der Waals surface area contributed by atoms with Gasteiger partial charge >= 0.3 is 12.1 Å². The van der Waals surface area contributed by atoms with Crippen LogP contribution in [0.4, 0.5) is 13.2 Å². The van der Waals surface area contributed by atoms with Gasteiger partial charge in [0.1, 0.15) is 16.4 Å². The van der Waals surface area contributed by atoms with Crippen molar-refractivity contribution in [1.82, 2.24) is 15.2 Å². The summed E-state index contributed by atoms with van der Waals surface area (Å²) in [6, 6.07) is 8.73. The maximum Gasteiger partial charge on any atom is 0.490 e. The van der Waals surface area contributed by atoms with Crippen molar-refractivity contribution < 1.29 is 32.6 Å². The summed E-state index contributed by atoms with van der Waals surface area (Å²) in [4.78, 5) is 28.5. The first-order chi connectivity index (χ1) is 17.1. The molecule has 3 heterocycles. The minimum Gasteiger partial charge on any atom is -0.487 e. The van der Waals surface area contributed by atoms with Crippen LogP contribution < -0.4 is 10.1 Å². The number of fused-ring (bicyclic) bond motifs is 1. The van der Waals surface area contributed by atoms with E-state index in [2.05, 4.69) is 33.4 Å². The van der Waals surface area contributed by atoms with Gasteiger partial charge in [-0.15, -0.1) is 11.3 Å². The number of likely N-dealkylation sites (tertiary alicyclic amines) is 1. The fourth-order valence-electron chi connectivity index (χ4n) is 4.94. The number of hydrogen-bond acceptors (Lipinski definition) is 6. The highest BCUT2D eigenvalue weighted by atomic mass is 32.1. The second-order valence-corrected chi connectivity index (χ2v) is 10.6. The highest BCUT2D eigenvalue weighted by Crippen LogP contribution is 2.46. The van der Waals surface area contributed by atoms with Crippen molar-refractivity contribution >= 4 is 23.2 Å². The number of aromatic nitrogens is 1. The molecule has 36 heavy (non-hydrogen) atoms. The van der Waals surface area contributed by atoms with E-state index in [0.717, 1.165) is 57.5 Å². The Morgan fingerprint density at radius 2 is 1.92 bits per heavy atom. The van der Waals surface area contributed by atoms with Gasteiger partial charge in [0.2, 0.25) is 5.91 Å². The molecule has 1 spiro atoms. The van der Waals surface area contributed by atoms with Gasteiger partial charge in [0, 0.05) is 43.0 Å². The maximum atomic E-state index is 12.7. The van der Waals surface area contributed by atoms with Crippen molar-refractivity contribution in [1.29, 1.82) is 0 Å². The number of carboxylic acid groups (broad SMARTS) is 1. The number of rotatable bonds is 5. The molecule has 7 nitrogen and oxygen atoms in total. The molecule has 11 heteroatoms. The number of carbonyl (C=O) groups is 2. The lowest BCUT2D eigenvalue weighted by molar-refractivity contribution is -0.192. The number of piperidine rings is 1. The van der Waals surface area contributed by atoms with Crippen molar-refractivity contribution in [3.63, 3.8) is 0 Å². The van der Waals surface area contributed by atoms with E-state index in [1.807, 2.05) is 17.6 Å². The van der Waals surface area contributed by atoms with Gasteiger partial charge in [-0.1, -0.05) is 18.2 Å². The summed E-state index contributed by atoms with van der Waals surface area (Å²) in [5.74, 6) is -1.33. The Morgan fingerprint density at radius 1 is 1.22 bits per heavy atom. The average molecular weight is 526 g/mol. The van der Waals surface area contributed by atoms with Crippen LogP contribution in [0.2, 0.25) is 0 Å². The SMILES string of the molecule is O=C(CC1CC2(CCN(Cc3nccs3)CC2)Oc2ccccc21)NC1CCC1.O=C(O)C(F)(F)F. The van der Waals surface area contributed by atoms with E-state index in [4.69, 9.17) is 14.6 Å². The van der Waals surface area contributed by atoms with Crippen LogP contribution in [0, 0.1) is 0 Å². The average Bonchev–Trinajstić information content (AvgIpc) is 3.31. The molecule has 196 valence electrons. The molecule has 1 saturated heterocycles. The van der Waals surface area contributed by atoms with Crippen molar-refractivity contribution in [2.45, 2.75) is 75.2 Å². The Kier molecular flexibility index (Phi) is 8.19. The fraction of sp³-hybridized carbons (Fsp3) is 0.560. The molecule has 1 amide bonds. The second kappa shape index (κ2) is 11.2. The number of alkyl halides is 3. The predicted molar refractivity (Wildman–Crippen MR) is 128 cm³/mol. The first-order valence-electron chi connectivity index (χ1n) is 12.1. The number of carboxylic acids is 1. The topological polar surface area (TPSA) is 91.8 Å². The summed E-state index contributed by atoms with van der Waals surface area (Å²) in [6.07, 6.45) is 3.83. The molecule has 1 unspecified atom stereocenters. The van der Waals surface area contributed by atoms with Gasteiger partial charge in [-0.05, 0) is 50.2 Å². The third kappa shape index (κ3) is 6.76. The monoisotopic (exact) mass is 525 g/mol. The summed E-state index contributed by atoms with van der Waals surface area (Å²) in [5, 5.41) is 13.6. The molecule has 1 aliphatic carbocycles. The Morgan fingerprint density at radius 3 is 2.50 bits per heavy atom. The molecule has 5 rings (SSSR count). The quantitative estimate of drug-likeness (QED) is 0.586. The number of aliphatic carboxylic acids is 1. The fourth-order valence-corrected chi connectivity index (χ4v) is 5.59. The summed E-state index contributed by atoms with van der Waals surface area (Å²) in [7, 11) is 0. The molecule has 2 fully saturated rings. The Balaban J connectivity index is 0.000000384. The number of benzene rings is 1. The number of hydrogen-bond donors (Lipinski definition) is 2. The number of amides is 1. The molecule has 0 bridgehead atoms. The lowest BCUT2D eigenvalue weighted by Gasteiger charge is -2.47. The zero-order valence-electron chi connectivity index (χ0n) is 19.8. The van der Waals surface area contributed by atoms with Crippen LogP contribution >= 0.6 is 11.3 Å². The van der Waals surface area contributed by atoms with E-state index < -0.39 is 12.1 Å². The minimum absolute atomic E-state index is 0.144. The Bertz CT molecular complexity index is 1040. The van der Waals surface area contributed by atoms with Gasteiger partial charge in [-0.3, -0.25) is 9.69 Å². The zero-order chi connectivity index (χ0) is 25.8. The number of thiazole rings is 1. The highest BCUT2D eigenvalue weighted by molar-refractivity contribution is 7.09. The largest absolute Gasteiger partial charge is 0.490 e. The smallest absolute Gasteiger partial charge is 0.487 e. The highest BCUT2D eigenvalue weighted by Gasteiger charge is 2.43. The molecule has 1 aromatic heterocycles. The second-order valence-electron chi connectivity index (χ2n) is 9.63. The van der Waals surface area contributed by atoms with Crippen LogP contribution in [0.25, 0.3) is 0 Å². The van der Waals surface area contributed by atoms with Crippen LogP contribution in [0.3, 0.4) is 0 Å². The molecule has 2 aromatic rings. The number of halogens is 3. The van der Waals surface area contributed by atoms with Crippen LogP contribution in [-0.2, 0) is 16.1 Å². The molecule has 3 aliphatic rings. The van der Waals surface area contributed by atoms with Crippen molar-refractivity contribution in [2.75, 3.05) is 13.1 Å². The number of nitrogens with zero attached hydrogens (tertiary/aromatic N) is 2. The first kappa shape index (κ1) is 26.4. The molecule has 1 atom stereocenters. The summed E-state index contributed by atoms with van der Waals surface area (Å²) >= 11 is 1.72. The van der Waals surface area contributed by atoms with Gasteiger partial charge in [-0.2, -0.15) is 13.2 Å². The Labute approximate surface area is 211 Å². The van der Waals surface area contributed by atoms with Gasteiger partial charge < -0.3 is 15.2 Å². The van der Waals surface area contributed by atoms with Gasteiger partial charge in [0.15, 0.2) is 0 Å². The van der Waals surface area contributed by atoms with E-state index in [1.54, 1.807) is 11.3 Å². The zero-order valence-corrected chi connectivity index (χ0v) is 20.6. The maximum absolute atomic E-state index is 12.7. The number of ether oxygens (including phenoxy) is 1. The number of carbonyl (C=O) groups excluding carboxylic acids is 1. The van der Waals surface area contributed by atoms with E-state index in [-0.39, 0.29) is 17.4 Å². The van der Waals surface area contributed by atoms with E-state index in [9.17, 15) is 18.0 Å². The molecule has 0 radical (unpaired) electrons. The van der Waals surface area contributed by atoms with Gasteiger partial charge in [0.05, 0.1) is 6.54 Å². The van der Waals surface area contributed by atoms with Crippen LogP contribution in [-0.4, -0.2) is 57.8 Å². The summed E-state index contributed by atoms with van der Waals surface area (Å²) in [6.45, 7) is 2.96. The molecule has 2 aliphatic heterocycles. The first-order valence-corrected chi connectivity index (χ1v) is 13.0. The van der Waals surface area contributed by atoms with E-state index in [1.165, 1.54) is 17.0 Å². The van der Waals surface area contributed by atoms with Crippen molar-refractivity contribution in [3.8, 4) is 5.75 Å². The molecule has 2 N–H and O–H groups in total. The lowest BCUT2D eigenvalue weighted by atomic mass is 9.76. The van der Waals surface area contributed by atoms with Crippen molar-refractivity contribution in [3.05, 3.63) is 46.4 Å². The number of para-hydroxylation sites is 1. The third-order valence-electron chi connectivity index (χ3n) is 7.06. The van der Waals surface area contributed by atoms with Crippen LogP contribution in [0.1, 0.15) is 61.4 Å². The number of nitrogens with one attached hydrogen (secondary N) is 1. The summed E-state index contributed by atoms with van der Waals surface area (Å²) < 4.78 is 38.3. The van der Waals surface area contributed by atoms with Crippen LogP contribution in [0.15, 0.2) is 35.8 Å². The molecule has 1 aromatic carbocycles. The van der Waals surface area contributed by atoms with E-state index >= 15 is 0 Å². The van der Waals surface area contributed by atoms with Crippen LogP contribution in [0.5, 0.6) is 5.75 Å². The summed E-state index contributed by atoms with van der Waals surface area (Å²) in [5.41, 5.74) is 1.06.